The molecular weight excluding hydrogens is 240 g/mol. The van der Waals surface area contributed by atoms with Crippen LogP contribution >= 0.6 is 0 Å². The highest BCUT2D eigenvalue weighted by atomic mass is 16.5. The molecular formula is C15H24N2O2. The van der Waals surface area contributed by atoms with Crippen molar-refractivity contribution in [3.8, 4) is 5.75 Å². The fourth-order valence-electron chi connectivity index (χ4n) is 2.57. The van der Waals surface area contributed by atoms with Crippen LogP contribution in [0.3, 0.4) is 0 Å². The summed E-state index contributed by atoms with van der Waals surface area (Å²) in [6.45, 7) is 3.67. The zero-order valence-corrected chi connectivity index (χ0v) is 11.6. The minimum absolute atomic E-state index is 0.141. The molecule has 2 unspecified atom stereocenters. The van der Waals surface area contributed by atoms with Crippen molar-refractivity contribution in [3.05, 3.63) is 29.3 Å². The van der Waals surface area contributed by atoms with Crippen LogP contribution in [0.2, 0.25) is 0 Å². The van der Waals surface area contributed by atoms with E-state index in [1.165, 1.54) is 11.1 Å². The number of rotatable bonds is 7. The van der Waals surface area contributed by atoms with Gasteiger partial charge < -0.3 is 20.9 Å². The molecule has 1 aromatic carbocycles. The first-order valence-electron chi connectivity index (χ1n) is 7.11. The number of nitrogens with two attached hydrogens (primary N) is 1. The molecule has 1 aromatic rings. The van der Waals surface area contributed by atoms with E-state index in [4.69, 9.17) is 15.6 Å². The summed E-state index contributed by atoms with van der Waals surface area (Å²) in [7, 11) is 0. The summed E-state index contributed by atoms with van der Waals surface area (Å²) in [6.07, 6.45) is 2.74. The van der Waals surface area contributed by atoms with E-state index in [1.807, 2.05) is 6.07 Å². The molecule has 0 saturated heterocycles. The molecule has 0 saturated carbocycles. The number of fused-ring (bicyclic) bond motifs is 1. The van der Waals surface area contributed by atoms with Gasteiger partial charge in [-0.15, -0.1) is 0 Å². The number of ether oxygens (including phenoxy) is 1. The predicted octanol–water partition coefficient (Wildman–Crippen LogP) is 1.37. The summed E-state index contributed by atoms with van der Waals surface area (Å²) in [5.41, 5.74) is 8.38. The Bertz CT molecular complexity index is 409. The van der Waals surface area contributed by atoms with Gasteiger partial charge in [-0.25, -0.2) is 0 Å². The number of nitrogens with one attached hydrogen (secondary N) is 1. The van der Waals surface area contributed by atoms with Crippen molar-refractivity contribution in [2.24, 2.45) is 5.73 Å². The third kappa shape index (κ3) is 3.47. The van der Waals surface area contributed by atoms with Crippen LogP contribution in [0.15, 0.2) is 18.2 Å². The molecule has 0 radical (unpaired) electrons. The Morgan fingerprint density at radius 2 is 2.32 bits per heavy atom. The van der Waals surface area contributed by atoms with Crippen molar-refractivity contribution in [2.75, 3.05) is 19.8 Å². The quantitative estimate of drug-likeness (QED) is 0.696. The van der Waals surface area contributed by atoms with E-state index in [0.29, 0.717) is 12.6 Å². The largest absolute Gasteiger partial charge is 0.493 e. The number of hydrogen-bond donors (Lipinski definition) is 3. The van der Waals surface area contributed by atoms with Crippen molar-refractivity contribution < 1.29 is 9.84 Å². The first-order chi connectivity index (χ1) is 9.28. The van der Waals surface area contributed by atoms with E-state index >= 15 is 0 Å². The Labute approximate surface area is 115 Å². The standard InChI is InChI=1S/C15H24N2O2/c1-2-13(5-7-18)17-14(10-16)11-3-4-15-12(9-11)6-8-19-15/h3-4,9,13-14,17-18H,2,5-8,10,16H2,1H3. The summed E-state index contributed by atoms with van der Waals surface area (Å²) in [5.74, 6) is 1.00. The average molecular weight is 264 g/mol. The maximum Gasteiger partial charge on any atom is 0.122 e. The van der Waals surface area contributed by atoms with E-state index in [1.54, 1.807) is 0 Å². The van der Waals surface area contributed by atoms with Crippen molar-refractivity contribution in [2.45, 2.75) is 38.3 Å². The first-order valence-corrected chi connectivity index (χ1v) is 7.11. The third-order valence-corrected chi connectivity index (χ3v) is 3.76. The second kappa shape index (κ2) is 6.89. The van der Waals surface area contributed by atoms with Gasteiger partial charge >= 0.3 is 0 Å². The predicted molar refractivity (Wildman–Crippen MR) is 76.4 cm³/mol. The molecule has 0 bridgehead atoms. The average Bonchev–Trinajstić information content (AvgIpc) is 2.90. The molecule has 4 heteroatoms. The molecule has 1 heterocycles. The highest BCUT2D eigenvalue weighted by Gasteiger charge is 2.18. The first kappa shape index (κ1) is 14.3. The Kier molecular flexibility index (Phi) is 5.19. The van der Waals surface area contributed by atoms with Gasteiger partial charge in [0.05, 0.1) is 6.61 Å². The van der Waals surface area contributed by atoms with E-state index in [9.17, 15) is 0 Å². The van der Waals surface area contributed by atoms with Gasteiger partial charge in [0.25, 0.3) is 0 Å². The Morgan fingerprint density at radius 3 is 3.00 bits per heavy atom. The summed E-state index contributed by atoms with van der Waals surface area (Å²) in [6, 6.07) is 6.76. The van der Waals surface area contributed by atoms with Gasteiger partial charge in [-0.05, 0) is 30.0 Å². The molecule has 1 aliphatic rings. The summed E-state index contributed by atoms with van der Waals surface area (Å²) in [4.78, 5) is 0. The lowest BCUT2D eigenvalue weighted by atomic mass is 10.0. The van der Waals surface area contributed by atoms with Crippen LogP contribution in [0.25, 0.3) is 0 Å². The lowest BCUT2D eigenvalue weighted by Crippen LogP contribution is -2.37. The van der Waals surface area contributed by atoms with Gasteiger partial charge in [-0.2, -0.15) is 0 Å². The summed E-state index contributed by atoms with van der Waals surface area (Å²) < 4.78 is 5.52. The Morgan fingerprint density at radius 1 is 1.47 bits per heavy atom. The Hall–Kier alpha value is -1.10. The molecule has 4 nitrogen and oxygen atoms in total. The van der Waals surface area contributed by atoms with Gasteiger partial charge in [-0.1, -0.05) is 19.1 Å². The molecule has 0 amide bonds. The van der Waals surface area contributed by atoms with Crippen LogP contribution in [0.5, 0.6) is 5.75 Å². The fraction of sp³-hybridized carbons (Fsp3) is 0.600. The van der Waals surface area contributed by atoms with Crippen LogP contribution in [0.4, 0.5) is 0 Å². The molecule has 4 N–H and O–H groups in total. The molecule has 0 spiro atoms. The minimum atomic E-state index is 0.141. The van der Waals surface area contributed by atoms with Gasteiger partial charge in [0.1, 0.15) is 5.75 Å². The second-order valence-corrected chi connectivity index (χ2v) is 5.04. The lowest BCUT2D eigenvalue weighted by Gasteiger charge is -2.24. The van der Waals surface area contributed by atoms with Gasteiger partial charge in [0.2, 0.25) is 0 Å². The molecule has 0 aliphatic carbocycles. The van der Waals surface area contributed by atoms with Gasteiger partial charge in [-0.3, -0.25) is 0 Å². The van der Waals surface area contributed by atoms with Crippen molar-refractivity contribution in [3.63, 3.8) is 0 Å². The van der Waals surface area contributed by atoms with Crippen LogP contribution in [0, 0.1) is 0 Å². The highest BCUT2D eigenvalue weighted by Crippen LogP contribution is 2.28. The lowest BCUT2D eigenvalue weighted by molar-refractivity contribution is 0.256. The van der Waals surface area contributed by atoms with Crippen LogP contribution in [-0.4, -0.2) is 30.9 Å². The van der Waals surface area contributed by atoms with Crippen molar-refractivity contribution in [1.29, 1.82) is 0 Å². The molecule has 0 aromatic heterocycles. The zero-order valence-electron chi connectivity index (χ0n) is 11.6. The van der Waals surface area contributed by atoms with Crippen LogP contribution < -0.4 is 15.8 Å². The minimum Gasteiger partial charge on any atom is -0.493 e. The number of hydrogen-bond acceptors (Lipinski definition) is 4. The van der Waals surface area contributed by atoms with E-state index in [2.05, 4.69) is 24.4 Å². The molecule has 2 rings (SSSR count). The van der Waals surface area contributed by atoms with Gasteiger partial charge in [0.15, 0.2) is 0 Å². The van der Waals surface area contributed by atoms with Crippen LogP contribution in [-0.2, 0) is 6.42 Å². The zero-order chi connectivity index (χ0) is 13.7. The molecule has 1 aliphatic heterocycles. The monoisotopic (exact) mass is 264 g/mol. The molecule has 0 fully saturated rings. The molecule has 19 heavy (non-hydrogen) atoms. The maximum atomic E-state index is 9.06. The van der Waals surface area contributed by atoms with Crippen LogP contribution in [0.1, 0.15) is 36.9 Å². The normalized spacial score (nSPS) is 16.8. The molecule has 106 valence electrons. The van der Waals surface area contributed by atoms with E-state index in [-0.39, 0.29) is 12.6 Å². The number of aliphatic hydroxyl groups is 1. The van der Waals surface area contributed by atoms with E-state index in [0.717, 1.165) is 31.6 Å². The maximum absolute atomic E-state index is 9.06. The molecule has 2 atom stereocenters. The number of benzene rings is 1. The summed E-state index contributed by atoms with van der Waals surface area (Å²) >= 11 is 0. The van der Waals surface area contributed by atoms with Crippen molar-refractivity contribution >= 4 is 0 Å². The third-order valence-electron chi connectivity index (χ3n) is 3.76. The van der Waals surface area contributed by atoms with E-state index < -0.39 is 0 Å². The van der Waals surface area contributed by atoms with Crippen molar-refractivity contribution in [1.82, 2.24) is 5.32 Å². The highest BCUT2D eigenvalue weighted by molar-refractivity contribution is 5.40. The number of aliphatic hydroxyl groups excluding tert-OH is 1. The smallest absolute Gasteiger partial charge is 0.122 e. The second-order valence-electron chi connectivity index (χ2n) is 5.04. The topological polar surface area (TPSA) is 67.5 Å². The Balaban J connectivity index is 2.08. The van der Waals surface area contributed by atoms with Gasteiger partial charge in [0, 0.05) is 31.7 Å². The SMILES string of the molecule is CCC(CCO)NC(CN)c1ccc2c(c1)CCO2. The fourth-order valence-corrected chi connectivity index (χ4v) is 2.57. The summed E-state index contributed by atoms with van der Waals surface area (Å²) in [5, 5.41) is 12.6.